The van der Waals surface area contributed by atoms with Crippen molar-refractivity contribution in [2.75, 3.05) is 19.0 Å². The molecule has 0 bridgehead atoms. The first-order valence-corrected chi connectivity index (χ1v) is 8.52. The maximum absolute atomic E-state index is 12.1. The maximum atomic E-state index is 12.1. The van der Waals surface area contributed by atoms with E-state index in [9.17, 15) is 19.7 Å². The maximum Gasteiger partial charge on any atom is 0.337 e. The van der Waals surface area contributed by atoms with Crippen LogP contribution in [-0.4, -0.2) is 30.5 Å². The average molecular weight is 386 g/mol. The molecule has 8 heteroatoms. The van der Waals surface area contributed by atoms with Crippen molar-refractivity contribution in [2.24, 2.45) is 0 Å². The predicted molar refractivity (Wildman–Crippen MR) is 104 cm³/mol. The molecular weight excluding hydrogens is 364 g/mol. The Labute approximate surface area is 162 Å². The normalized spacial score (nSPS) is 10.9. The van der Waals surface area contributed by atoms with Gasteiger partial charge >= 0.3 is 11.7 Å². The number of nitrogens with zero attached hydrogens (tertiary/aromatic N) is 1. The molecule has 0 spiro atoms. The van der Waals surface area contributed by atoms with Crippen LogP contribution in [0.4, 0.5) is 11.4 Å². The largest absolute Gasteiger partial charge is 0.477 e. The molecule has 0 saturated heterocycles. The number of anilines is 1. The number of carbonyl (C=O) groups excluding carboxylic acids is 2. The molecule has 2 aromatic carbocycles. The number of methoxy groups -OCH3 is 1. The Bertz CT molecular complexity index is 885. The van der Waals surface area contributed by atoms with Gasteiger partial charge in [-0.05, 0) is 29.2 Å². The zero-order valence-corrected chi connectivity index (χ0v) is 16.1. The average Bonchev–Trinajstić information content (AvgIpc) is 2.65. The Kier molecular flexibility index (Phi) is 6.35. The molecule has 2 aromatic rings. The summed E-state index contributed by atoms with van der Waals surface area (Å²) in [5.74, 6) is -1.34. The van der Waals surface area contributed by atoms with Crippen LogP contribution in [0.25, 0.3) is 0 Å². The quantitative estimate of drug-likeness (QED) is 0.461. The SMILES string of the molecule is COC(=O)c1ccc([N+](=O)[O-])c(OCC(=O)Nc2ccc(C(C)(C)C)cc2)c1. The zero-order valence-electron chi connectivity index (χ0n) is 16.1. The van der Waals surface area contributed by atoms with Crippen molar-refractivity contribution in [3.63, 3.8) is 0 Å². The van der Waals surface area contributed by atoms with Crippen LogP contribution >= 0.6 is 0 Å². The molecule has 0 atom stereocenters. The van der Waals surface area contributed by atoms with Gasteiger partial charge in [0.15, 0.2) is 12.4 Å². The Morgan fingerprint density at radius 3 is 2.29 bits per heavy atom. The minimum Gasteiger partial charge on any atom is -0.477 e. The number of carbonyl (C=O) groups is 2. The van der Waals surface area contributed by atoms with Crippen LogP contribution < -0.4 is 10.1 Å². The van der Waals surface area contributed by atoms with Gasteiger partial charge in [-0.1, -0.05) is 32.9 Å². The summed E-state index contributed by atoms with van der Waals surface area (Å²) < 4.78 is 9.87. The van der Waals surface area contributed by atoms with Gasteiger partial charge in [-0.2, -0.15) is 0 Å². The van der Waals surface area contributed by atoms with Gasteiger partial charge in [-0.3, -0.25) is 14.9 Å². The Morgan fingerprint density at radius 1 is 1.11 bits per heavy atom. The first-order valence-electron chi connectivity index (χ1n) is 8.52. The minimum atomic E-state index is -0.664. The topological polar surface area (TPSA) is 108 Å². The lowest BCUT2D eigenvalue weighted by Crippen LogP contribution is -2.20. The second kappa shape index (κ2) is 8.51. The number of ether oxygens (including phenoxy) is 2. The smallest absolute Gasteiger partial charge is 0.337 e. The van der Waals surface area contributed by atoms with Gasteiger partial charge < -0.3 is 14.8 Å². The molecule has 0 aliphatic heterocycles. The van der Waals surface area contributed by atoms with Gasteiger partial charge in [0.1, 0.15) is 0 Å². The van der Waals surface area contributed by atoms with Crippen molar-refractivity contribution in [3.05, 3.63) is 63.7 Å². The highest BCUT2D eigenvalue weighted by molar-refractivity contribution is 5.92. The molecule has 1 amide bonds. The van der Waals surface area contributed by atoms with Gasteiger partial charge in [0.2, 0.25) is 0 Å². The fourth-order valence-corrected chi connectivity index (χ4v) is 2.42. The molecule has 0 aliphatic rings. The Morgan fingerprint density at radius 2 is 1.75 bits per heavy atom. The number of hydrogen-bond donors (Lipinski definition) is 1. The number of esters is 1. The third kappa shape index (κ3) is 5.29. The molecule has 1 N–H and O–H groups in total. The fourth-order valence-electron chi connectivity index (χ4n) is 2.42. The van der Waals surface area contributed by atoms with E-state index in [1.165, 1.54) is 19.2 Å². The first-order chi connectivity index (χ1) is 13.1. The summed E-state index contributed by atoms with van der Waals surface area (Å²) >= 11 is 0. The summed E-state index contributed by atoms with van der Waals surface area (Å²) in [6, 6.07) is 11.0. The first kappa shape index (κ1) is 20.9. The van der Waals surface area contributed by atoms with Crippen molar-refractivity contribution in [3.8, 4) is 5.75 Å². The number of benzene rings is 2. The van der Waals surface area contributed by atoms with Crippen LogP contribution in [0.2, 0.25) is 0 Å². The zero-order chi connectivity index (χ0) is 20.9. The molecule has 0 unspecified atom stereocenters. The third-order valence-corrected chi connectivity index (χ3v) is 3.97. The molecule has 148 valence electrons. The summed E-state index contributed by atoms with van der Waals surface area (Å²) in [5.41, 5.74) is 1.43. The molecule has 0 heterocycles. The van der Waals surface area contributed by atoms with Crippen LogP contribution in [0.5, 0.6) is 5.75 Å². The third-order valence-electron chi connectivity index (χ3n) is 3.97. The number of nitro groups is 1. The van der Waals surface area contributed by atoms with Gasteiger partial charge in [0.05, 0.1) is 17.6 Å². The van der Waals surface area contributed by atoms with Crippen molar-refractivity contribution in [1.29, 1.82) is 0 Å². The Balaban J connectivity index is 2.07. The number of rotatable bonds is 6. The molecule has 8 nitrogen and oxygen atoms in total. The van der Waals surface area contributed by atoms with E-state index in [0.717, 1.165) is 11.6 Å². The second-order valence-electron chi connectivity index (χ2n) is 7.10. The van der Waals surface area contributed by atoms with Crippen molar-refractivity contribution < 1.29 is 24.0 Å². The van der Waals surface area contributed by atoms with E-state index < -0.39 is 23.4 Å². The van der Waals surface area contributed by atoms with Crippen molar-refractivity contribution >= 4 is 23.3 Å². The lowest BCUT2D eigenvalue weighted by atomic mass is 9.87. The molecule has 28 heavy (non-hydrogen) atoms. The van der Waals surface area contributed by atoms with Crippen LogP contribution in [0.15, 0.2) is 42.5 Å². The summed E-state index contributed by atoms with van der Waals surface area (Å²) in [7, 11) is 1.20. The molecule has 0 aromatic heterocycles. The number of hydrogen-bond acceptors (Lipinski definition) is 6. The highest BCUT2D eigenvalue weighted by Crippen LogP contribution is 2.28. The lowest BCUT2D eigenvalue weighted by Gasteiger charge is -2.19. The number of amides is 1. The van der Waals surface area contributed by atoms with E-state index in [-0.39, 0.29) is 22.4 Å². The van der Waals surface area contributed by atoms with Gasteiger partial charge in [-0.25, -0.2) is 4.79 Å². The minimum absolute atomic E-state index is 0.00472. The molecule has 0 radical (unpaired) electrons. The van der Waals surface area contributed by atoms with Gasteiger partial charge in [0.25, 0.3) is 5.91 Å². The monoisotopic (exact) mass is 386 g/mol. The van der Waals surface area contributed by atoms with E-state index in [2.05, 4.69) is 30.8 Å². The van der Waals surface area contributed by atoms with Crippen molar-refractivity contribution in [1.82, 2.24) is 0 Å². The summed E-state index contributed by atoms with van der Waals surface area (Å²) in [6.07, 6.45) is 0. The van der Waals surface area contributed by atoms with Crippen molar-refractivity contribution in [2.45, 2.75) is 26.2 Å². The predicted octanol–water partition coefficient (Wildman–Crippen LogP) is 3.70. The van der Waals surface area contributed by atoms with Crippen LogP contribution in [-0.2, 0) is 14.9 Å². The molecule has 0 aliphatic carbocycles. The number of nitrogens with one attached hydrogen (secondary N) is 1. The number of nitro benzene ring substituents is 1. The molecule has 2 rings (SSSR count). The van der Waals surface area contributed by atoms with Crippen LogP contribution in [0, 0.1) is 10.1 Å². The van der Waals surface area contributed by atoms with E-state index in [0.29, 0.717) is 5.69 Å². The van der Waals surface area contributed by atoms with Gasteiger partial charge in [0, 0.05) is 17.8 Å². The standard InChI is InChI=1S/C20H22N2O6/c1-20(2,3)14-6-8-15(9-7-14)21-18(23)12-28-17-11-13(19(24)27-4)5-10-16(17)22(25)26/h5-11H,12H2,1-4H3,(H,21,23). The van der Waals surface area contributed by atoms with E-state index in [1.54, 1.807) is 12.1 Å². The molecular formula is C20H22N2O6. The van der Waals surface area contributed by atoms with E-state index in [1.807, 2.05) is 12.1 Å². The summed E-state index contributed by atoms with van der Waals surface area (Å²) in [6.45, 7) is 5.81. The Hall–Kier alpha value is -3.42. The van der Waals surface area contributed by atoms with Crippen LogP contribution in [0.3, 0.4) is 0 Å². The van der Waals surface area contributed by atoms with E-state index in [4.69, 9.17) is 4.74 Å². The van der Waals surface area contributed by atoms with Crippen LogP contribution in [0.1, 0.15) is 36.7 Å². The fraction of sp³-hybridized carbons (Fsp3) is 0.300. The highest BCUT2D eigenvalue weighted by Gasteiger charge is 2.19. The summed E-state index contributed by atoms with van der Waals surface area (Å²) in [4.78, 5) is 34.2. The summed E-state index contributed by atoms with van der Waals surface area (Å²) in [5, 5.41) is 13.8. The van der Waals surface area contributed by atoms with E-state index >= 15 is 0 Å². The second-order valence-corrected chi connectivity index (χ2v) is 7.10. The van der Waals surface area contributed by atoms with Gasteiger partial charge in [-0.15, -0.1) is 0 Å². The molecule has 0 saturated carbocycles. The lowest BCUT2D eigenvalue weighted by molar-refractivity contribution is -0.385. The highest BCUT2D eigenvalue weighted by atomic mass is 16.6. The molecule has 0 fully saturated rings.